The quantitative estimate of drug-likeness (QED) is 0.183. The topological polar surface area (TPSA) is 170 Å². The molecule has 0 saturated carbocycles. The number of rotatable bonds is 10. The van der Waals surface area contributed by atoms with E-state index in [1.165, 1.54) is 4.90 Å². The largest absolute Gasteiger partial charge is 0.507 e. The number of nitrogens with zero attached hydrogens (tertiary/aromatic N) is 6. The number of carbonyl (C=O) groups is 3. The molecule has 2 saturated heterocycles. The first-order valence-corrected chi connectivity index (χ1v) is 19.0. The second-order valence-electron chi connectivity index (χ2n) is 15.1. The lowest BCUT2D eigenvalue weighted by Crippen LogP contribution is -2.59. The molecule has 4 aromatic rings. The van der Waals surface area contributed by atoms with Gasteiger partial charge in [0.15, 0.2) is 5.82 Å². The van der Waals surface area contributed by atoms with Crippen LogP contribution in [0.15, 0.2) is 60.1 Å². The molecular weight excluding hydrogens is 710 g/mol. The summed E-state index contributed by atoms with van der Waals surface area (Å²) in [5, 5.41) is 24.5. The van der Waals surface area contributed by atoms with E-state index in [0.717, 1.165) is 21.7 Å². The van der Waals surface area contributed by atoms with Gasteiger partial charge in [0, 0.05) is 38.2 Å². The summed E-state index contributed by atoms with van der Waals surface area (Å²) in [4.78, 5) is 51.9. The van der Waals surface area contributed by atoms with Crippen LogP contribution in [-0.4, -0.2) is 105 Å². The molecule has 2 aliphatic heterocycles. The zero-order chi connectivity index (χ0) is 38.7. The first kappa shape index (κ1) is 38.6. The van der Waals surface area contributed by atoms with Crippen LogP contribution < -0.4 is 21.3 Å². The third-order valence-corrected chi connectivity index (χ3v) is 11.1. The van der Waals surface area contributed by atoms with Crippen LogP contribution in [0.1, 0.15) is 51.4 Å². The molecule has 4 atom stereocenters. The van der Waals surface area contributed by atoms with Gasteiger partial charge in [-0.1, -0.05) is 57.2 Å². The number of aryl methyl sites for hydroxylation is 1. The number of nitrogens with one attached hydrogen (secondary N) is 2. The number of phenolic OH excluding ortho intramolecular Hbond substituents is 1. The van der Waals surface area contributed by atoms with Gasteiger partial charge in [0.2, 0.25) is 17.7 Å². The first-order valence-electron chi connectivity index (χ1n) is 18.1. The Hall–Kier alpha value is -5.15. The van der Waals surface area contributed by atoms with E-state index in [1.54, 1.807) is 41.7 Å². The minimum atomic E-state index is -1.37. The highest BCUT2D eigenvalue weighted by molar-refractivity contribution is 7.13. The van der Waals surface area contributed by atoms with E-state index < -0.39 is 35.5 Å². The predicted octanol–water partition coefficient (Wildman–Crippen LogP) is 4.33. The van der Waals surface area contributed by atoms with Crippen LogP contribution in [0.5, 0.6) is 5.75 Å². The molecule has 5 N–H and O–H groups in total. The molecule has 0 radical (unpaired) electrons. The Morgan fingerprint density at radius 2 is 1.74 bits per heavy atom. The number of hydrogen-bond donors (Lipinski definition) is 4. The van der Waals surface area contributed by atoms with Crippen LogP contribution in [0.4, 0.5) is 15.9 Å². The summed E-state index contributed by atoms with van der Waals surface area (Å²) in [7, 11) is 0. The maximum absolute atomic E-state index is 15.0. The second kappa shape index (κ2) is 16.1. The van der Waals surface area contributed by atoms with Gasteiger partial charge < -0.3 is 31.3 Å². The van der Waals surface area contributed by atoms with Gasteiger partial charge in [-0.15, -0.1) is 21.5 Å². The highest BCUT2D eigenvalue weighted by Crippen LogP contribution is 2.33. The number of para-hydroxylation sites is 1. The molecule has 2 aliphatic rings. The maximum atomic E-state index is 15.0. The fourth-order valence-corrected chi connectivity index (χ4v) is 7.82. The predicted molar refractivity (Wildman–Crippen MR) is 207 cm³/mol. The van der Waals surface area contributed by atoms with Crippen LogP contribution >= 0.6 is 11.3 Å². The minimum absolute atomic E-state index is 0.0510. The number of halogens is 1. The molecule has 13 nitrogen and oxygen atoms in total. The van der Waals surface area contributed by atoms with Gasteiger partial charge >= 0.3 is 0 Å². The van der Waals surface area contributed by atoms with Crippen LogP contribution in [0.2, 0.25) is 0 Å². The van der Waals surface area contributed by atoms with E-state index in [0.29, 0.717) is 43.1 Å². The average molecular weight is 758 g/mol. The zero-order valence-corrected chi connectivity index (χ0v) is 32.1. The molecule has 15 heteroatoms. The second-order valence-corrected chi connectivity index (χ2v) is 16.0. The van der Waals surface area contributed by atoms with E-state index in [1.807, 2.05) is 69.3 Å². The SMILES string of the molecule is Cc1ncsc1-c1ccc(C(C)NC(=O)[C@@H]2C[C@@H](F)CN2C(=O)[C@@H](NC(=O)CN2CCN(c3cc(-c4ccccc4O)nnc3N)CC2)C(C)(C)C)cc1. The fourth-order valence-electron chi connectivity index (χ4n) is 7.01. The van der Waals surface area contributed by atoms with Gasteiger partial charge in [0.25, 0.3) is 0 Å². The van der Waals surface area contributed by atoms with Gasteiger partial charge in [0.1, 0.15) is 24.0 Å². The van der Waals surface area contributed by atoms with Crippen molar-refractivity contribution in [3.8, 4) is 27.4 Å². The van der Waals surface area contributed by atoms with E-state index in [-0.39, 0.29) is 43.0 Å². The number of phenols is 1. The molecule has 2 aromatic heterocycles. The molecule has 286 valence electrons. The van der Waals surface area contributed by atoms with Crippen LogP contribution in [0.25, 0.3) is 21.7 Å². The summed E-state index contributed by atoms with van der Waals surface area (Å²) in [6.07, 6.45) is -1.48. The van der Waals surface area contributed by atoms with Gasteiger partial charge in [-0.25, -0.2) is 9.37 Å². The standard InChI is InChI=1S/C39H48FN9O4S/c1-23(25-10-12-26(13-11-25)34-24(2)42-22-54-34)43-37(52)31-18-27(40)20-49(31)38(53)35(39(3,4)5)44-33(51)21-47-14-16-48(17-15-47)30-19-29(45-46-36(30)41)28-8-6-7-9-32(28)50/h6-13,19,22-23,27,31,35,50H,14-18,20-21H2,1-5H3,(H2,41,46)(H,43,52)(H,44,51)/t23?,27-,31+,35-/m1/s1. The van der Waals surface area contributed by atoms with Gasteiger partial charge in [-0.05, 0) is 48.6 Å². The Kier molecular flexibility index (Phi) is 11.5. The lowest BCUT2D eigenvalue weighted by Gasteiger charge is -2.38. The first-order chi connectivity index (χ1) is 25.7. The summed E-state index contributed by atoms with van der Waals surface area (Å²) >= 11 is 1.57. The van der Waals surface area contributed by atoms with Crippen molar-refractivity contribution in [1.82, 2.24) is 35.6 Å². The van der Waals surface area contributed by atoms with Crippen molar-refractivity contribution in [2.45, 2.75) is 65.3 Å². The number of likely N-dealkylation sites (tertiary alicyclic amines) is 1. The number of piperazine rings is 1. The van der Waals surface area contributed by atoms with Crippen LogP contribution in [-0.2, 0) is 14.4 Å². The van der Waals surface area contributed by atoms with Gasteiger partial charge in [-0.3, -0.25) is 19.3 Å². The number of carbonyl (C=O) groups excluding carboxylic acids is 3. The molecule has 2 aromatic carbocycles. The minimum Gasteiger partial charge on any atom is -0.507 e. The van der Waals surface area contributed by atoms with Crippen LogP contribution in [0.3, 0.4) is 0 Å². The normalized spacial score (nSPS) is 19.0. The lowest BCUT2D eigenvalue weighted by molar-refractivity contribution is -0.144. The molecule has 0 aliphatic carbocycles. The maximum Gasteiger partial charge on any atom is 0.246 e. The number of aromatic nitrogens is 3. The number of nitrogens with two attached hydrogens (primary N) is 1. The molecule has 0 bridgehead atoms. The van der Waals surface area contributed by atoms with E-state index >= 15 is 0 Å². The number of anilines is 2. The summed E-state index contributed by atoms with van der Waals surface area (Å²) in [6.45, 7) is 11.3. The van der Waals surface area contributed by atoms with Crippen molar-refractivity contribution in [2.24, 2.45) is 5.41 Å². The van der Waals surface area contributed by atoms with Gasteiger partial charge in [0.05, 0.1) is 46.6 Å². The van der Waals surface area contributed by atoms with Crippen molar-refractivity contribution < 1.29 is 23.9 Å². The Morgan fingerprint density at radius 3 is 2.39 bits per heavy atom. The Morgan fingerprint density at radius 1 is 1.04 bits per heavy atom. The Balaban J connectivity index is 1.06. The van der Waals surface area contributed by atoms with E-state index in [4.69, 9.17) is 5.73 Å². The summed E-state index contributed by atoms with van der Waals surface area (Å²) in [6, 6.07) is 14.2. The zero-order valence-electron chi connectivity index (χ0n) is 31.3. The molecule has 54 heavy (non-hydrogen) atoms. The molecule has 3 amide bonds. The monoisotopic (exact) mass is 757 g/mol. The van der Waals surface area contributed by atoms with Crippen molar-refractivity contribution in [3.05, 3.63) is 71.4 Å². The van der Waals surface area contributed by atoms with E-state index in [2.05, 4.69) is 30.7 Å². The van der Waals surface area contributed by atoms with Gasteiger partial charge in [-0.2, -0.15) is 0 Å². The molecular formula is C39H48FN9O4S. The average Bonchev–Trinajstić information content (AvgIpc) is 3.76. The third-order valence-electron chi connectivity index (χ3n) is 10.1. The van der Waals surface area contributed by atoms with Crippen molar-refractivity contribution in [3.63, 3.8) is 0 Å². The van der Waals surface area contributed by atoms with Crippen molar-refractivity contribution in [2.75, 3.05) is 49.9 Å². The smallest absolute Gasteiger partial charge is 0.246 e. The fraction of sp³-hybridized carbons (Fsp3) is 0.436. The molecule has 4 heterocycles. The third kappa shape index (κ3) is 8.63. The summed E-state index contributed by atoms with van der Waals surface area (Å²) in [5.41, 5.74) is 11.9. The number of aromatic hydroxyl groups is 1. The van der Waals surface area contributed by atoms with Crippen molar-refractivity contribution in [1.29, 1.82) is 0 Å². The number of thiazole rings is 1. The summed E-state index contributed by atoms with van der Waals surface area (Å²) < 4.78 is 15.0. The van der Waals surface area contributed by atoms with Crippen molar-refractivity contribution >= 4 is 40.6 Å². The molecule has 1 unspecified atom stereocenters. The number of alkyl halides is 1. The Bertz CT molecular complexity index is 1980. The van der Waals surface area contributed by atoms with Crippen LogP contribution in [0, 0.1) is 12.3 Å². The number of nitrogen functional groups attached to an aromatic ring is 1. The highest BCUT2D eigenvalue weighted by Gasteiger charge is 2.45. The molecule has 0 spiro atoms. The number of amides is 3. The highest BCUT2D eigenvalue weighted by atomic mass is 32.1. The number of hydrogen-bond acceptors (Lipinski definition) is 11. The number of benzene rings is 2. The molecule has 2 fully saturated rings. The summed E-state index contributed by atoms with van der Waals surface area (Å²) in [5.74, 6) is -0.909. The lowest BCUT2D eigenvalue weighted by atomic mass is 9.85. The van der Waals surface area contributed by atoms with E-state index in [9.17, 15) is 23.9 Å². The Labute approximate surface area is 318 Å². The molecule has 6 rings (SSSR count).